The van der Waals surface area contributed by atoms with Crippen LogP contribution in [0.1, 0.15) is 13.8 Å². The van der Waals surface area contributed by atoms with E-state index in [4.69, 9.17) is 9.84 Å². The Hall–Kier alpha value is -1.24. The van der Waals surface area contributed by atoms with E-state index in [0.29, 0.717) is 6.61 Å². The average molecular weight is 299 g/mol. The van der Waals surface area contributed by atoms with Crippen molar-refractivity contribution in [2.24, 2.45) is 0 Å². The summed E-state index contributed by atoms with van der Waals surface area (Å²) in [5.74, 6) is 0.882. The molecule has 1 atom stereocenters. The lowest BCUT2D eigenvalue weighted by Crippen LogP contribution is -2.43. The van der Waals surface area contributed by atoms with Gasteiger partial charge >= 0.3 is 0 Å². The van der Waals surface area contributed by atoms with E-state index in [1.165, 1.54) is 18.7 Å². The van der Waals surface area contributed by atoms with Gasteiger partial charge in [-0.05, 0) is 38.1 Å². The highest BCUT2D eigenvalue weighted by molar-refractivity contribution is 8.00. The Bertz CT molecular complexity index is 420. The van der Waals surface area contributed by atoms with Gasteiger partial charge in [-0.2, -0.15) is 0 Å². The van der Waals surface area contributed by atoms with E-state index in [1.54, 1.807) is 0 Å². The predicted octanol–water partition coefficient (Wildman–Crippen LogP) is 1.04. The summed E-state index contributed by atoms with van der Waals surface area (Å²) in [6.45, 7) is 3.66. The second-order valence-electron chi connectivity index (χ2n) is 4.62. The fourth-order valence-corrected chi connectivity index (χ4v) is 2.07. The second kappa shape index (κ2) is 8.14. The minimum Gasteiger partial charge on any atom is -0.494 e. The molecule has 112 valence electrons. The Morgan fingerprint density at radius 2 is 2.05 bits per heavy atom. The van der Waals surface area contributed by atoms with Crippen LogP contribution in [0, 0.1) is 0 Å². The summed E-state index contributed by atoms with van der Waals surface area (Å²) in [6, 6.07) is 7.51. The molecule has 6 heteroatoms. The molecular formula is C14H21NO4S. The highest BCUT2D eigenvalue weighted by atomic mass is 32.2. The Labute approximate surface area is 123 Å². The van der Waals surface area contributed by atoms with Gasteiger partial charge in [0.2, 0.25) is 5.91 Å². The first-order valence-corrected chi connectivity index (χ1v) is 7.41. The molecular weight excluding hydrogens is 278 g/mol. The lowest BCUT2D eigenvalue weighted by Gasteiger charge is -2.20. The third-order valence-corrected chi connectivity index (χ3v) is 3.52. The molecule has 5 nitrogen and oxygen atoms in total. The topological polar surface area (TPSA) is 78.8 Å². The summed E-state index contributed by atoms with van der Waals surface area (Å²) < 4.78 is 5.33. The number of rotatable bonds is 8. The van der Waals surface area contributed by atoms with Crippen molar-refractivity contribution < 1.29 is 19.7 Å². The van der Waals surface area contributed by atoms with Crippen molar-refractivity contribution in [3.05, 3.63) is 24.3 Å². The standard InChI is InChI=1S/C14H21NO4S/c1-3-19-11-4-6-12(7-5-11)20-8-13(17)15-9-14(2,18)10-16/h4-7,16,18H,3,8-10H2,1-2H3,(H,15,17). The van der Waals surface area contributed by atoms with Gasteiger partial charge in [-0.3, -0.25) is 4.79 Å². The number of carbonyl (C=O) groups is 1. The Balaban J connectivity index is 2.33. The molecule has 1 amide bonds. The average Bonchev–Trinajstić information content (AvgIpc) is 2.45. The monoisotopic (exact) mass is 299 g/mol. The normalized spacial score (nSPS) is 13.6. The molecule has 20 heavy (non-hydrogen) atoms. The number of aliphatic hydroxyl groups is 2. The van der Waals surface area contributed by atoms with Crippen molar-refractivity contribution in [1.29, 1.82) is 0 Å². The van der Waals surface area contributed by atoms with Crippen LogP contribution < -0.4 is 10.1 Å². The number of benzene rings is 1. The van der Waals surface area contributed by atoms with E-state index in [-0.39, 0.29) is 24.8 Å². The molecule has 0 aliphatic carbocycles. The number of nitrogens with one attached hydrogen (secondary N) is 1. The van der Waals surface area contributed by atoms with Crippen LogP contribution >= 0.6 is 11.8 Å². The summed E-state index contributed by atoms with van der Waals surface area (Å²) in [5.41, 5.74) is -1.28. The van der Waals surface area contributed by atoms with Crippen molar-refractivity contribution >= 4 is 17.7 Å². The third-order valence-electron chi connectivity index (χ3n) is 2.51. The van der Waals surface area contributed by atoms with Crippen LogP contribution in [0.3, 0.4) is 0 Å². The molecule has 1 aromatic rings. The highest BCUT2D eigenvalue weighted by Crippen LogP contribution is 2.21. The predicted molar refractivity (Wildman–Crippen MR) is 79.1 cm³/mol. The van der Waals surface area contributed by atoms with E-state index < -0.39 is 5.60 Å². The van der Waals surface area contributed by atoms with E-state index >= 15 is 0 Å². The lowest BCUT2D eigenvalue weighted by atomic mass is 10.1. The van der Waals surface area contributed by atoms with Gasteiger partial charge in [0.05, 0.1) is 19.0 Å². The molecule has 0 saturated carbocycles. The zero-order valence-corrected chi connectivity index (χ0v) is 12.6. The summed E-state index contributed by atoms with van der Waals surface area (Å²) in [5, 5.41) is 21.0. The Kier molecular flexibility index (Phi) is 6.84. The van der Waals surface area contributed by atoms with E-state index in [9.17, 15) is 9.90 Å². The lowest BCUT2D eigenvalue weighted by molar-refractivity contribution is -0.120. The number of amides is 1. The SMILES string of the molecule is CCOc1ccc(SCC(=O)NCC(C)(O)CO)cc1. The number of hydrogen-bond donors (Lipinski definition) is 3. The van der Waals surface area contributed by atoms with Gasteiger partial charge in [-0.15, -0.1) is 11.8 Å². The number of carbonyl (C=O) groups excluding carboxylic acids is 1. The summed E-state index contributed by atoms with van der Waals surface area (Å²) in [7, 11) is 0. The smallest absolute Gasteiger partial charge is 0.230 e. The van der Waals surface area contributed by atoms with Crippen LogP contribution in [-0.4, -0.2) is 47.2 Å². The first kappa shape index (κ1) is 16.8. The summed E-state index contributed by atoms with van der Waals surface area (Å²) in [6.07, 6.45) is 0. The first-order valence-electron chi connectivity index (χ1n) is 6.42. The van der Waals surface area contributed by atoms with Crippen LogP contribution in [0.15, 0.2) is 29.2 Å². The Morgan fingerprint density at radius 3 is 2.60 bits per heavy atom. The molecule has 0 saturated heterocycles. The van der Waals surface area contributed by atoms with Crippen molar-refractivity contribution in [1.82, 2.24) is 5.32 Å². The van der Waals surface area contributed by atoms with Crippen molar-refractivity contribution in [3.8, 4) is 5.75 Å². The van der Waals surface area contributed by atoms with Crippen LogP contribution in [0.25, 0.3) is 0 Å². The van der Waals surface area contributed by atoms with Gasteiger partial charge < -0.3 is 20.3 Å². The van der Waals surface area contributed by atoms with Gasteiger partial charge in [0.15, 0.2) is 0 Å². The van der Waals surface area contributed by atoms with Gasteiger partial charge in [-0.25, -0.2) is 0 Å². The zero-order valence-electron chi connectivity index (χ0n) is 11.8. The van der Waals surface area contributed by atoms with Crippen LogP contribution in [0.5, 0.6) is 5.75 Å². The molecule has 3 N–H and O–H groups in total. The molecule has 0 fully saturated rings. The van der Waals surface area contributed by atoms with Crippen LogP contribution in [0.2, 0.25) is 0 Å². The molecule has 1 aromatic carbocycles. The maximum absolute atomic E-state index is 11.6. The second-order valence-corrected chi connectivity index (χ2v) is 5.67. The fourth-order valence-electron chi connectivity index (χ4n) is 1.34. The molecule has 1 unspecified atom stereocenters. The van der Waals surface area contributed by atoms with Crippen molar-refractivity contribution in [2.45, 2.75) is 24.3 Å². The number of hydrogen-bond acceptors (Lipinski definition) is 5. The van der Waals surface area contributed by atoms with Crippen molar-refractivity contribution in [3.63, 3.8) is 0 Å². The number of thioether (sulfide) groups is 1. The molecule has 0 aromatic heterocycles. The van der Waals surface area contributed by atoms with E-state index in [2.05, 4.69) is 5.32 Å². The molecule has 0 aliphatic heterocycles. The van der Waals surface area contributed by atoms with Crippen LogP contribution in [-0.2, 0) is 4.79 Å². The molecule has 0 heterocycles. The molecule has 0 radical (unpaired) electrons. The quantitative estimate of drug-likeness (QED) is 0.625. The van der Waals surface area contributed by atoms with Gasteiger partial charge in [-0.1, -0.05) is 0 Å². The largest absolute Gasteiger partial charge is 0.494 e. The van der Waals surface area contributed by atoms with Crippen molar-refractivity contribution in [2.75, 3.05) is 25.5 Å². The fraction of sp³-hybridized carbons (Fsp3) is 0.500. The maximum atomic E-state index is 11.6. The minimum atomic E-state index is -1.28. The molecule has 0 spiro atoms. The molecule has 0 aliphatic rings. The highest BCUT2D eigenvalue weighted by Gasteiger charge is 2.19. The van der Waals surface area contributed by atoms with Gasteiger partial charge in [0.1, 0.15) is 11.4 Å². The first-order chi connectivity index (χ1) is 9.46. The summed E-state index contributed by atoms with van der Waals surface area (Å²) in [4.78, 5) is 12.6. The number of aliphatic hydroxyl groups excluding tert-OH is 1. The molecule has 1 rings (SSSR count). The van der Waals surface area contributed by atoms with Gasteiger partial charge in [0, 0.05) is 11.4 Å². The third kappa shape index (κ3) is 6.27. The number of ether oxygens (including phenoxy) is 1. The Morgan fingerprint density at radius 1 is 1.40 bits per heavy atom. The molecule has 0 bridgehead atoms. The zero-order chi connectivity index (χ0) is 15.0. The minimum absolute atomic E-state index is 0.0339. The van der Waals surface area contributed by atoms with E-state index in [1.807, 2.05) is 31.2 Å². The summed E-state index contributed by atoms with van der Waals surface area (Å²) >= 11 is 1.40. The van der Waals surface area contributed by atoms with Gasteiger partial charge in [0.25, 0.3) is 0 Å². The van der Waals surface area contributed by atoms with Crippen LogP contribution in [0.4, 0.5) is 0 Å². The van der Waals surface area contributed by atoms with E-state index in [0.717, 1.165) is 10.6 Å². The maximum Gasteiger partial charge on any atom is 0.230 e.